The average Bonchev–Trinajstić information content (AvgIpc) is 4.12. The third-order valence-corrected chi connectivity index (χ3v) is 15.8. The number of carbonyl (C=O) groups excluding carboxylic acids is 5. The number of nitrogens with zero attached hydrogens (tertiary/aromatic N) is 5. The van der Waals surface area contributed by atoms with Gasteiger partial charge in [0.25, 0.3) is 0 Å². The van der Waals surface area contributed by atoms with Crippen LogP contribution < -0.4 is 21.3 Å². The molecule has 3 aromatic heterocycles. The quantitative estimate of drug-likeness (QED) is 0.0507. The highest BCUT2D eigenvalue weighted by molar-refractivity contribution is 7.22. The van der Waals surface area contributed by atoms with Crippen molar-refractivity contribution < 1.29 is 43.3 Å². The lowest BCUT2D eigenvalue weighted by molar-refractivity contribution is -0.144. The van der Waals surface area contributed by atoms with Crippen LogP contribution in [0, 0.1) is 25.2 Å². The number of aryl methyl sites for hydroxylation is 2. The number of piperidine rings is 1. The van der Waals surface area contributed by atoms with E-state index in [1.165, 1.54) is 22.7 Å². The number of nitrogens with one attached hydrogen (secondary N) is 4. The van der Waals surface area contributed by atoms with Gasteiger partial charge in [0, 0.05) is 43.7 Å². The lowest BCUT2D eigenvalue weighted by Crippen LogP contribution is -2.58. The van der Waals surface area contributed by atoms with Gasteiger partial charge >= 0.3 is 6.09 Å². The fourth-order valence-corrected chi connectivity index (χ4v) is 11.4. The molecule has 0 bridgehead atoms. The molecule has 0 radical (unpaired) electrons. The van der Waals surface area contributed by atoms with Gasteiger partial charge in [-0.15, -0.1) is 11.3 Å². The summed E-state index contributed by atoms with van der Waals surface area (Å²) in [7, 11) is 0. The molecule has 2 saturated heterocycles. The van der Waals surface area contributed by atoms with Crippen LogP contribution >= 0.6 is 22.7 Å². The standard InChI is InChI=1S/C54H69N9O9S2/c1-33-43(59-53(69)72-41-9-7-6-8-10-41)25-39(29-55-33)38-15-16-42-45(26-38)74-52(58-42)61-49(66)37-17-19-62(20-18-37)21-22-70-23-24-71-31-46(65)60-48(54(3,4)5)51(68)63-30-40(64)27-44(63)50(67)56-28-35-11-13-36(14-12-35)47-34(2)57-32-73-47/h11-16,25-26,29,32,37,40-41,44,48,64H,6-10,17-24,27-28,30-31H2,1-5H3,(H,56,67)(H,59,69)(H,60,65)(H,58,61,66)/t40-,44+,48-/m1/s1. The summed E-state index contributed by atoms with van der Waals surface area (Å²) in [6, 6.07) is 13.8. The number of carbonyl (C=O) groups is 5. The third kappa shape index (κ3) is 14.5. The SMILES string of the molecule is Cc1ncc(-c2ccc3nc(NC(=O)C4CCN(CCOCCOCC(=O)N[C@H](C(=O)N5C[C@H](O)C[C@H]5C(=O)NCc5ccc(-c6scnc6C)cc5)C(C)(C)C)CC4)sc3c2)cc1NC(=O)OC1CCCCC1. The molecule has 1 aliphatic carbocycles. The van der Waals surface area contributed by atoms with E-state index in [0.717, 1.165) is 81.8 Å². The van der Waals surface area contributed by atoms with Gasteiger partial charge in [0.15, 0.2) is 5.13 Å². The number of rotatable bonds is 19. The second kappa shape index (κ2) is 25.1. The molecule has 3 fully saturated rings. The number of ether oxygens (including phenoxy) is 3. The first-order valence-corrected chi connectivity index (χ1v) is 27.4. The number of benzene rings is 2. The second-order valence-corrected chi connectivity index (χ2v) is 22.4. The van der Waals surface area contributed by atoms with E-state index >= 15 is 0 Å². The van der Waals surface area contributed by atoms with E-state index in [0.29, 0.717) is 42.5 Å². The van der Waals surface area contributed by atoms with Gasteiger partial charge in [0.2, 0.25) is 23.6 Å². The third-order valence-electron chi connectivity index (χ3n) is 13.9. The van der Waals surface area contributed by atoms with Gasteiger partial charge < -0.3 is 45.1 Å². The zero-order chi connectivity index (χ0) is 52.4. The van der Waals surface area contributed by atoms with Gasteiger partial charge in [-0.2, -0.15) is 0 Å². The Balaban J connectivity index is 0.712. The fraction of sp³-hybridized carbons (Fsp3) is 0.519. The number of hydrogen-bond acceptors (Lipinski definition) is 15. The molecule has 3 atom stereocenters. The van der Waals surface area contributed by atoms with Crippen molar-refractivity contribution in [3.05, 3.63) is 77.2 Å². The van der Waals surface area contributed by atoms with E-state index < -0.39 is 41.5 Å². The predicted molar refractivity (Wildman–Crippen MR) is 286 cm³/mol. The van der Waals surface area contributed by atoms with E-state index in [9.17, 15) is 29.1 Å². The van der Waals surface area contributed by atoms with Gasteiger partial charge in [0.1, 0.15) is 24.8 Å². The average molecular weight is 1050 g/mol. The Labute approximate surface area is 440 Å². The van der Waals surface area contributed by atoms with Crippen molar-refractivity contribution in [2.45, 2.75) is 117 Å². The number of aliphatic hydroxyl groups excluding tert-OH is 1. The minimum absolute atomic E-state index is 0.0194. The number of thiazole rings is 2. The number of anilines is 2. The normalized spacial score (nSPS) is 18.3. The van der Waals surface area contributed by atoms with Crippen molar-refractivity contribution in [2.75, 3.05) is 63.2 Å². The smallest absolute Gasteiger partial charge is 0.411 e. The Morgan fingerprint density at radius 2 is 1.58 bits per heavy atom. The molecule has 0 unspecified atom stereocenters. The summed E-state index contributed by atoms with van der Waals surface area (Å²) in [5.41, 5.74) is 7.84. The van der Waals surface area contributed by atoms with Crippen molar-refractivity contribution in [3.63, 3.8) is 0 Å². The van der Waals surface area contributed by atoms with Gasteiger partial charge in [-0.25, -0.2) is 14.8 Å². The molecule has 74 heavy (non-hydrogen) atoms. The largest absolute Gasteiger partial charge is 0.446 e. The number of likely N-dealkylation sites (tertiary alicyclic amines) is 2. The molecule has 2 aliphatic heterocycles. The first kappa shape index (κ1) is 54.4. The fourth-order valence-electron chi connectivity index (χ4n) is 9.64. The predicted octanol–water partition coefficient (Wildman–Crippen LogP) is 7.47. The monoisotopic (exact) mass is 1050 g/mol. The number of amides is 5. The molecule has 18 nitrogen and oxygen atoms in total. The summed E-state index contributed by atoms with van der Waals surface area (Å²) >= 11 is 2.99. The van der Waals surface area contributed by atoms with Gasteiger partial charge in [-0.1, -0.05) is 68.9 Å². The molecule has 5 N–H and O–H groups in total. The molecule has 3 aliphatic rings. The molecular weight excluding hydrogens is 983 g/mol. The molecule has 5 aromatic rings. The highest BCUT2D eigenvalue weighted by Gasteiger charge is 2.44. The van der Waals surface area contributed by atoms with Crippen molar-refractivity contribution in [2.24, 2.45) is 11.3 Å². The zero-order valence-corrected chi connectivity index (χ0v) is 44.6. The van der Waals surface area contributed by atoms with Gasteiger partial charge in [0.05, 0.1) is 63.6 Å². The maximum absolute atomic E-state index is 14.0. The second-order valence-electron chi connectivity index (χ2n) is 20.6. The lowest BCUT2D eigenvalue weighted by atomic mass is 9.85. The summed E-state index contributed by atoms with van der Waals surface area (Å²) < 4.78 is 18.0. The van der Waals surface area contributed by atoms with E-state index in [4.69, 9.17) is 14.2 Å². The van der Waals surface area contributed by atoms with Crippen molar-refractivity contribution >= 4 is 73.4 Å². The van der Waals surface area contributed by atoms with Crippen LogP contribution in [0.3, 0.4) is 0 Å². The Bertz CT molecular complexity index is 2750. The Hall–Kier alpha value is -5.90. The Morgan fingerprint density at radius 1 is 0.838 bits per heavy atom. The van der Waals surface area contributed by atoms with Crippen LogP contribution in [-0.4, -0.2) is 136 Å². The summed E-state index contributed by atoms with van der Waals surface area (Å²) in [6.45, 7) is 12.4. The summed E-state index contributed by atoms with van der Waals surface area (Å²) in [5.74, 6) is -1.48. The highest BCUT2D eigenvalue weighted by Crippen LogP contribution is 2.34. The minimum atomic E-state index is -0.970. The molecule has 2 aromatic carbocycles. The first-order chi connectivity index (χ1) is 35.6. The van der Waals surface area contributed by atoms with E-state index in [-0.39, 0.29) is 63.2 Å². The van der Waals surface area contributed by atoms with Crippen LogP contribution in [0.5, 0.6) is 0 Å². The Kier molecular flexibility index (Phi) is 18.4. The number of β-amino-alcohol motifs (C(OH)–C–C–N with tert-alkyl or cyclic N) is 1. The van der Waals surface area contributed by atoms with Gasteiger partial charge in [-0.3, -0.25) is 29.5 Å². The van der Waals surface area contributed by atoms with Crippen LogP contribution in [0.25, 0.3) is 31.8 Å². The van der Waals surface area contributed by atoms with E-state index in [2.05, 4.69) is 41.1 Å². The molecule has 5 amide bonds. The van der Waals surface area contributed by atoms with Crippen LogP contribution in [-0.2, 0) is 39.9 Å². The first-order valence-electron chi connectivity index (χ1n) is 25.7. The van der Waals surface area contributed by atoms with E-state index in [1.807, 2.05) is 88.7 Å². The summed E-state index contributed by atoms with van der Waals surface area (Å²) in [4.78, 5) is 84.9. The molecule has 8 rings (SSSR count). The number of pyridine rings is 1. The number of aromatic nitrogens is 3. The summed E-state index contributed by atoms with van der Waals surface area (Å²) in [6.07, 6.45) is 7.03. The topological polar surface area (TPSA) is 227 Å². The lowest BCUT2D eigenvalue weighted by Gasteiger charge is -2.35. The maximum atomic E-state index is 14.0. The molecule has 0 spiro atoms. The molecular formula is C54H69N9O9S2. The molecule has 5 heterocycles. The van der Waals surface area contributed by atoms with Crippen molar-refractivity contribution in [1.82, 2.24) is 35.4 Å². The summed E-state index contributed by atoms with van der Waals surface area (Å²) in [5, 5.41) is 22.8. The highest BCUT2D eigenvalue weighted by atomic mass is 32.1. The number of aliphatic hydroxyl groups is 1. The molecule has 1 saturated carbocycles. The van der Waals surface area contributed by atoms with Crippen LogP contribution in [0.2, 0.25) is 0 Å². The zero-order valence-electron chi connectivity index (χ0n) is 42.9. The molecule has 396 valence electrons. The molecule has 20 heteroatoms. The van der Waals surface area contributed by atoms with Crippen LogP contribution in [0.15, 0.2) is 60.2 Å². The van der Waals surface area contributed by atoms with Crippen molar-refractivity contribution in [1.29, 1.82) is 0 Å². The maximum Gasteiger partial charge on any atom is 0.411 e. The van der Waals surface area contributed by atoms with E-state index in [1.54, 1.807) is 17.5 Å². The van der Waals surface area contributed by atoms with Gasteiger partial charge in [-0.05, 0) is 106 Å². The number of hydrogen-bond donors (Lipinski definition) is 5. The number of fused-ring (bicyclic) bond motifs is 1. The minimum Gasteiger partial charge on any atom is -0.446 e. The van der Waals surface area contributed by atoms with Crippen LogP contribution in [0.1, 0.15) is 89.1 Å². The van der Waals surface area contributed by atoms with Crippen molar-refractivity contribution in [3.8, 4) is 21.6 Å². The van der Waals surface area contributed by atoms with Crippen LogP contribution in [0.4, 0.5) is 15.6 Å². The Morgan fingerprint density at radius 3 is 2.31 bits per heavy atom.